The van der Waals surface area contributed by atoms with E-state index in [0.29, 0.717) is 0 Å². The highest BCUT2D eigenvalue weighted by Crippen LogP contribution is 2.28. The highest BCUT2D eigenvalue weighted by molar-refractivity contribution is 5.93. The number of halogens is 1. The lowest BCUT2D eigenvalue weighted by Crippen LogP contribution is -2.36. The average molecular weight is 395 g/mol. The van der Waals surface area contributed by atoms with Gasteiger partial charge in [0.15, 0.2) is 6.23 Å². The molecule has 1 saturated heterocycles. The van der Waals surface area contributed by atoms with Crippen LogP contribution in [0.15, 0.2) is 17.1 Å². The van der Waals surface area contributed by atoms with Crippen molar-refractivity contribution >= 4 is 30.1 Å². The Morgan fingerprint density at radius 2 is 2.04 bits per heavy atom. The topological polar surface area (TPSA) is 197 Å². The molecule has 13 heteroatoms. The van der Waals surface area contributed by atoms with Crippen LogP contribution in [0, 0.1) is 0 Å². The number of carboxylic acids is 1. The summed E-state index contributed by atoms with van der Waals surface area (Å²) in [5, 5.41) is 39.5. The molecule has 26 heavy (non-hydrogen) atoms. The van der Waals surface area contributed by atoms with Crippen LogP contribution in [0.5, 0.6) is 0 Å². The van der Waals surface area contributed by atoms with Gasteiger partial charge in [-0.05, 0) is 6.07 Å². The summed E-state index contributed by atoms with van der Waals surface area (Å²) in [6.07, 6.45) is -4.47. The van der Waals surface area contributed by atoms with Crippen LogP contribution in [0.25, 0.3) is 0 Å². The van der Waals surface area contributed by atoms with Crippen molar-refractivity contribution in [3.63, 3.8) is 0 Å². The number of aliphatic hydroxyl groups is 3. The van der Waals surface area contributed by atoms with Crippen molar-refractivity contribution in [1.82, 2.24) is 9.55 Å². The second kappa shape index (κ2) is 9.02. The molecule has 0 aromatic carbocycles. The van der Waals surface area contributed by atoms with E-state index in [9.17, 15) is 24.6 Å². The Kier molecular flexibility index (Phi) is 7.62. The second-order valence-corrected chi connectivity index (χ2v) is 5.43. The van der Waals surface area contributed by atoms with Crippen molar-refractivity contribution in [3.05, 3.63) is 22.7 Å². The van der Waals surface area contributed by atoms with Crippen LogP contribution in [0.4, 0.5) is 5.82 Å². The van der Waals surface area contributed by atoms with Crippen molar-refractivity contribution in [3.8, 4) is 0 Å². The number of hydrogen-bond donors (Lipinski definition) is 6. The molecular formula is C13H19ClN4O8. The molecule has 146 valence electrons. The fourth-order valence-electron chi connectivity index (χ4n) is 2.27. The molecule has 1 unspecified atom stereocenters. The van der Waals surface area contributed by atoms with Crippen LogP contribution in [-0.2, 0) is 14.3 Å². The number of nitrogens with one attached hydrogen (secondary N) is 1. The maximum Gasteiger partial charge on any atom is 0.351 e. The van der Waals surface area contributed by atoms with Gasteiger partial charge in [0.2, 0.25) is 5.91 Å². The van der Waals surface area contributed by atoms with Crippen molar-refractivity contribution in [2.45, 2.75) is 37.0 Å². The van der Waals surface area contributed by atoms with E-state index in [4.69, 9.17) is 20.7 Å². The van der Waals surface area contributed by atoms with Crippen LogP contribution in [0.1, 0.15) is 12.6 Å². The summed E-state index contributed by atoms with van der Waals surface area (Å²) in [5.74, 6) is -2.23. The molecule has 12 nitrogen and oxygen atoms in total. The Balaban J connectivity index is 0.00000338. The van der Waals surface area contributed by atoms with Crippen LogP contribution >= 0.6 is 12.4 Å². The van der Waals surface area contributed by atoms with E-state index < -0.39 is 61.2 Å². The number of carboxylic acid groups (broad SMARTS) is 1. The van der Waals surface area contributed by atoms with Crippen LogP contribution in [0.2, 0.25) is 0 Å². The molecule has 0 spiro atoms. The van der Waals surface area contributed by atoms with Gasteiger partial charge < -0.3 is 36.2 Å². The molecule has 1 fully saturated rings. The average Bonchev–Trinajstić information content (AvgIpc) is 2.82. The number of nitrogens with zero attached hydrogens (tertiary/aromatic N) is 2. The van der Waals surface area contributed by atoms with Crippen molar-refractivity contribution < 1.29 is 34.8 Å². The molecule has 1 aliphatic heterocycles. The molecule has 1 amide bonds. The number of aliphatic carboxylic acids is 1. The zero-order valence-electron chi connectivity index (χ0n) is 13.3. The van der Waals surface area contributed by atoms with Gasteiger partial charge in [-0.1, -0.05) is 0 Å². The summed E-state index contributed by atoms with van der Waals surface area (Å²) in [6, 6.07) is -0.167. The van der Waals surface area contributed by atoms with Gasteiger partial charge in [0.05, 0.1) is 13.0 Å². The molecule has 0 aliphatic carbocycles. The maximum absolute atomic E-state index is 12.0. The lowest BCUT2D eigenvalue weighted by Gasteiger charge is -2.17. The van der Waals surface area contributed by atoms with Gasteiger partial charge in [-0.2, -0.15) is 4.98 Å². The summed E-state index contributed by atoms with van der Waals surface area (Å²) < 4.78 is 6.10. The number of anilines is 1. The Bertz CT molecular complexity index is 714. The zero-order chi connectivity index (χ0) is 18.7. The minimum atomic E-state index is -1.45. The SMILES string of the molecule is Cl.N[C@@H](CC(=O)Nc1ccn([C@@H]2O[C@H](CO)C(O)[C@@H]2O)c(=O)n1)C(=O)O. The number of ether oxygens (including phenoxy) is 1. The molecule has 1 aromatic rings. The Morgan fingerprint density at radius 1 is 1.38 bits per heavy atom. The number of amides is 1. The monoisotopic (exact) mass is 394 g/mol. The lowest BCUT2D eigenvalue weighted by atomic mass is 10.1. The molecule has 1 aromatic heterocycles. The summed E-state index contributed by atoms with van der Waals surface area (Å²) in [7, 11) is 0. The number of nitrogens with two attached hydrogens (primary N) is 1. The standard InChI is InChI=1S/C13H18N4O8.ClH/c14-5(12(22)23)3-8(19)15-7-1-2-17(13(24)16-7)11-10(21)9(20)6(4-18)25-11;/h1-2,5-6,9-11,18,20-21H,3-4,14H2,(H,22,23)(H,15,16,19,24);1H/t5-,6+,9?,10-,11+;/m0./s1. The van der Waals surface area contributed by atoms with Gasteiger partial charge in [0.1, 0.15) is 30.2 Å². The van der Waals surface area contributed by atoms with E-state index in [1.807, 2.05) is 0 Å². The normalized spacial score (nSPS) is 26.0. The Morgan fingerprint density at radius 3 is 2.54 bits per heavy atom. The lowest BCUT2D eigenvalue weighted by molar-refractivity contribution is -0.140. The third-order valence-electron chi connectivity index (χ3n) is 3.61. The number of aromatic nitrogens is 2. The largest absolute Gasteiger partial charge is 0.480 e. The van der Waals surface area contributed by atoms with Crippen molar-refractivity contribution in [1.29, 1.82) is 0 Å². The van der Waals surface area contributed by atoms with E-state index >= 15 is 0 Å². The van der Waals surface area contributed by atoms with Gasteiger partial charge in [-0.3, -0.25) is 14.2 Å². The van der Waals surface area contributed by atoms with Gasteiger partial charge >= 0.3 is 11.7 Å². The Hall–Kier alpha value is -2.09. The third-order valence-corrected chi connectivity index (χ3v) is 3.61. The maximum atomic E-state index is 12.0. The quantitative estimate of drug-likeness (QED) is 0.289. The first kappa shape index (κ1) is 22.0. The summed E-state index contributed by atoms with van der Waals surface area (Å²) >= 11 is 0. The van der Waals surface area contributed by atoms with Crippen molar-refractivity contribution in [2.24, 2.45) is 5.73 Å². The molecule has 1 aliphatic rings. The minimum absolute atomic E-state index is 0. The first-order valence-corrected chi connectivity index (χ1v) is 7.24. The van der Waals surface area contributed by atoms with E-state index in [0.717, 1.165) is 4.57 Å². The fourth-order valence-corrected chi connectivity index (χ4v) is 2.27. The molecule has 2 heterocycles. The first-order valence-electron chi connectivity index (χ1n) is 7.24. The molecule has 2 rings (SSSR count). The van der Waals surface area contributed by atoms with Crippen LogP contribution in [0.3, 0.4) is 0 Å². The van der Waals surface area contributed by atoms with Crippen LogP contribution < -0.4 is 16.7 Å². The molecule has 0 bridgehead atoms. The number of aliphatic hydroxyl groups excluding tert-OH is 3. The predicted molar refractivity (Wildman–Crippen MR) is 87.6 cm³/mol. The molecule has 7 N–H and O–H groups in total. The molecule has 0 radical (unpaired) electrons. The van der Waals surface area contributed by atoms with Crippen LogP contribution in [-0.4, -0.2) is 72.8 Å². The highest BCUT2D eigenvalue weighted by Gasteiger charge is 2.43. The van der Waals surface area contributed by atoms with Crippen molar-refractivity contribution in [2.75, 3.05) is 11.9 Å². The third kappa shape index (κ3) is 4.75. The molecule has 5 atom stereocenters. The predicted octanol–water partition coefficient (Wildman–Crippen LogP) is -2.98. The number of hydrogen-bond acceptors (Lipinski definition) is 9. The fraction of sp³-hybridized carbons (Fsp3) is 0.538. The van der Waals surface area contributed by atoms with E-state index in [2.05, 4.69) is 10.3 Å². The number of carbonyl (C=O) groups excluding carboxylic acids is 1. The highest BCUT2D eigenvalue weighted by atomic mass is 35.5. The Labute approximate surface area is 152 Å². The number of carbonyl (C=O) groups is 2. The van der Waals surface area contributed by atoms with Gasteiger partial charge in [0, 0.05) is 6.20 Å². The zero-order valence-corrected chi connectivity index (χ0v) is 14.1. The number of rotatable bonds is 6. The summed E-state index contributed by atoms with van der Waals surface area (Å²) in [6.45, 7) is -0.547. The smallest absolute Gasteiger partial charge is 0.351 e. The summed E-state index contributed by atoms with van der Waals surface area (Å²) in [4.78, 5) is 37.8. The summed E-state index contributed by atoms with van der Waals surface area (Å²) in [5.41, 5.74) is 4.33. The molecule has 0 saturated carbocycles. The van der Waals surface area contributed by atoms with E-state index in [1.165, 1.54) is 12.3 Å². The second-order valence-electron chi connectivity index (χ2n) is 5.43. The minimum Gasteiger partial charge on any atom is -0.480 e. The molecular weight excluding hydrogens is 376 g/mol. The van der Waals surface area contributed by atoms with Gasteiger partial charge in [0.25, 0.3) is 0 Å². The van der Waals surface area contributed by atoms with Gasteiger partial charge in [-0.15, -0.1) is 12.4 Å². The first-order chi connectivity index (χ1) is 11.7. The van der Waals surface area contributed by atoms with E-state index in [-0.39, 0.29) is 18.2 Å². The van der Waals surface area contributed by atoms with E-state index in [1.54, 1.807) is 0 Å². The van der Waals surface area contributed by atoms with Gasteiger partial charge in [-0.25, -0.2) is 4.79 Å².